The quantitative estimate of drug-likeness (QED) is 0.612. The van der Waals surface area contributed by atoms with Gasteiger partial charge in [-0.1, -0.05) is 54.2 Å². The van der Waals surface area contributed by atoms with Crippen LogP contribution in [0, 0.1) is 25.7 Å². The lowest BCUT2D eigenvalue weighted by Gasteiger charge is -2.34. The van der Waals surface area contributed by atoms with E-state index < -0.39 is 0 Å². The van der Waals surface area contributed by atoms with Crippen molar-refractivity contribution in [2.45, 2.75) is 58.9 Å². The molecule has 1 aromatic rings. The first kappa shape index (κ1) is 16.0. The monoisotopic (exact) mass is 338 g/mol. The fourth-order valence-electron chi connectivity index (χ4n) is 3.59. The second-order valence-corrected chi connectivity index (χ2v) is 7.10. The topological polar surface area (TPSA) is 38.0 Å². The fraction of sp³-hybridized carbons (Fsp3) is 0.647. The van der Waals surface area contributed by atoms with Gasteiger partial charge in [0.1, 0.15) is 0 Å². The molecular formula is C17H27BrN2. The Kier molecular flexibility index (Phi) is 5.65. The molecule has 0 heterocycles. The van der Waals surface area contributed by atoms with Gasteiger partial charge in [0, 0.05) is 10.5 Å². The van der Waals surface area contributed by atoms with Gasteiger partial charge in [-0.3, -0.25) is 11.3 Å². The minimum absolute atomic E-state index is 0.290. The highest BCUT2D eigenvalue weighted by atomic mass is 79.9. The van der Waals surface area contributed by atoms with Gasteiger partial charge in [-0.2, -0.15) is 0 Å². The summed E-state index contributed by atoms with van der Waals surface area (Å²) >= 11 is 3.65. The molecule has 0 radical (unpaired) electrons. The summed E-state index contributed by atoms with van der Waals surface area (Å²) in [4.78, 5) is 0. The Hall–Kier alpha value is -0.380. The average Bonchev–Trinajstić information content (AvgIpc) is 2.46. The molecule has 3 N–H and O–H groups in total. The third-order valence-corrected chi connectivity index (χ3v) is 6.19. The third kappa shape index (κ3) is 3.44. The molecule has 0 spiro atoms. The van der Waals surface area contributed by atoms with Gasteiger partial charge in [-0.15, -0.1) is 0 Å². The fourth-order valence-corrected chi connectivity index (χ4v) is 3.82. The first-order valence-electron chi connectivity index (χ1n) is 7.79. The van der Waals surface area contributed by atoms with Gasteiger partial charge in [-0.25, -0.2) is 0 Å². The first-order chi connectivity index (χ1) is 9.56. The summed E-state index contributed by atoms with van der Waals surface area (Å²) in [6.07, 6.45) is 6.62. The van der Waals surface area contributed by atoms with E-state index in [2.05, 4.69) is 54.3 Å². The lowest BCUT2D eigenvalue weighted by atomic mass is 9.76. The average molecular weight is 339 g/mol. The number of hydrogen-bond donors (Lipinski definition) is 2. The van der Waals surface area contributed by atoms with Gasteiger partial charge in [-0.05, 0) is 55.2 Å². The summed E-state index contributed by atoms with van der Waals surface area (Å²) in [5.41, 5.74) is 7.01. The van der Waals surface area contributed by atoms with E-state index in [9.17, 15) is 0 Å². The van der Waals surface area contributed by atoms with Crippen molar-refractivity contribution >= 4 is 15.9 Å². The molecule has 3 heteroatoms. The van der Waals surface area contributed by atoms with E-state index in [4.69, 9.17) is 5.84 Å². The zero-order valence-corrected chi connectivity index (χ0v) is 14.5. The maximum Gasteiger partial charge on any atom is 0.0488 e. The molecule has 1 unspecified atom stereocenters. The van der Waals surface area contributed by atoms with Crippen molar-refractivity contribution in [2.75, 3.05) is 0 Å². The van der Waals surface area contributed by atoms with E-state index in [1.165, 1.54) is 53.3 Å². The Morgan fingerprint density at radius 3 is 2.20 bits per heavy atom. The Bertz CT molecular complexity index is 427. The van der Waals surface area contributed by atoms with Crippen LogP contribution in [-0.4, -0.2) is 0 Å². The minimum Gasteiger partial charge on any atom is -0.271 e. The second kappa shape index (κ2) is 7.06. The zero-order valence-electron chi connectivity index (χ0n) is 12.9. The van der Waals surface area contributed by atoms with Crippen molar-refractivity contribution in [1.82, 2.24) is 5.43 Å². The molecule has 0 bridgehead atoms. The van der Waals surface area contributed by atoms with Gasteiger partial charge in [0.25, 0.3) is 0 Å². The SMILES string of the molecule is CCC1CCC(C(NN)c2cc(C)c(Br)c(C)c2)CC1. The number of rotatable bonds is 4. The highest BCUT2D eigenvalue weighted by Gasteiger charge is 2.27. The Morgan fingerprint density at radius 1 is 1.20 bits per heavy atom. The van der Waals surface area contributed by atoms with E-state index in [0.29, 0.717) is 12.0 Å². The first-order valence-corrected chi connectivity index (χ1v) is 8.58. The van der Waals surface area contributed by atoms with E-state index in [-0.39, 0.29) is 0 Å². The van der Waals surface area contributed by atoms with Crippen molar-refractivity contribution in [3.8, 4) is 0 Å². The van der Waals surface area contributed by atoms with Crippen molar-refractivity contribution < 1.29 is 0 Å². The van der Waals surface area contributed by atoms with Gasteiger partial charge in [0.15, 0.2) is 0 Å². The number of hydrazine groups is 1. The molecular weight excluding hydrogens is 312 g/mol. The van der Waals surface area contributed by atoms with Crippen LogP contribution in [0.5, 0.6) is 0 Å². The molecule has 2 nitrogen and oxygen atoms in total. The Morgan fingerprint density at radius 2 is 1.75 bits per heavy atom. The van der Waals surface area contributed by atoms with Crippen molar-refractivity contribution in [2.24, 2.45) is 17.7 Å². The van der Waals surface area contributed by atoms with E-state index in [1.54, 1.807) is 0 Å². The molecule has 1 aliphatic rings. The molecule has 1 fully saturated rings. The predicted octanol–water partition coefficient (Wildman–Crippen LogP) is 4.79. The van der Waals surface area contributed by atoms with Crippen LogP contribution < -0.4 is 11.3 Å². The highest BCUT2D eigenvalue weighted by molar-refractivity contribution is 9.10. The molecule has 112 valence electrons. The normalized spacial score (nSPS) is 24.6. The molecule has 1 aliphatic carbocycles. The molecule has 2 rings (SSSR count). The van der Waals surface area contributed by atoms with Crippen LogP contribution in [0.4, 0.5) is 0 Å². The summed E-state index contributed by atoms with van der Waals surface area (Å²) in [6.45, 7) is 6.62. The zero-order chi connectivity index (χ0) is 14.7. The summed E-state index contributed by atoms with van der Waals surface area (Å²) < 4.78 is 1.21. The molecule has 20 heavy (non-hydrogen) atoms. The van der Waals surface area contributed by atoms with Gasteiger partial charge < -0.3 is 0 Å². The molecule has 1 atom stereocenters. The van der Waals surface area contributed by atoms with Crippen LogP contribution in [-0.2, 0) is 0 Å². The third-order valence-electron chi connectivity index (χ3n) is 4.94. The molecule has 0 aliphatic heterocycles. The summed E-state index contributed by atoms with van der Waals surface area (Å²) in [5.74, 6) is 7.48. The van der Waals surface area contributed by atoms with Crippen LogP contribution in [0.2, 0.25) is 0 Å². The molecule has 1 saturated carbocycles. The predicted molar refractivity (Wildman–Crippen MR) is 89.4 cm³/mol. The second-order valence-electron chi connectivity index (χ2n) is 6.30. The Labute approximate surface area is 131 Å². The number of nitrogens with two attached hydrogens (primary N) is 1. The van der Waals surface area contributed by atoms with Crippen LogP contribution >= 0.6 is 15.9 Å². The standard InChI is InChI=1S/C17H27BrN2/c1-4-13-5-7-14(8-6-13)17(20-19)15-9-11(2)16(18)12(3)10-15/h9-10,13-14,17,20H,4-8,19H2,1-3H3. The minimum atomic E-state index is 0.290. The lowest BCUT2D eigenvalue weighted by molar-refractivity contribution is 0.219. The number of halogens is 1. The van der Waals surface area contributed by atoms with E-state index in [0.717, 1.165) is 5.92 Å². The van der Waals surface area contributed by atoms with Gasteiger partial charge in [0.05, 0.1) is 0 Å². The highest BCUT2D eigenvalue weighted by Crippen LogP contribution is 2.38. The van der Waals surface area contributed by atoms with Crippen LogP contribution in [0.15, 0.2) is 16.6 Å². The Balaban J connectivity index is 2.16. The molecule has 0 aromatic heterocycles. The number of hydrogen-bond acceptors (Lipinski definition) is 2. The van der Waals surface area contributed by atoms with Crippen molar-refractivity contribution in [1.29, 1.82) is 0 Å². The largest absolute Gasteiger partial charge is 0.271 e. The van der Waals surface area contributed by atoms with Gasteiger partial charge in [0.2, 0.25) is 0 Å². The summed E-state index contributed by atoms with van der Waals surface area (Å²) in [5, 5.41) is 0. The van der Waals surface area contributed by atoms with Gasteiger partial charge >= 0.3 is 0 Å². The van der Waals surface area contributed by atoms with Crippen LogP contribution in [0.25, 0.3) is 0 Å². The van der Waals surface area contributed by atoms with Crippen LogP contribution in [0.3, 0.4) is 0 Å². The smallest absolute Gasteiger partial charge is 0.0488 e. The van der Waals surface area contributed by atoms with E-state index >= 15 is 0 Å². The number of aryl methyl sites for hydroxylation is 2. The van der Waals surface area contributed by atoms with Crippen molar-refractivity contribution in [3.05, 3.63) is 33.3 Å². The van der Waals surface area contributed by atoms with Crippen molar-refractivity contribution in [3.63, 3.8) is 0 Å². The maximum absolute atomic E-state index is 5.88. The molecule has 0 saturated heterocycles. The maximum atomic E-state index is 5.88. The van der Waals surface area contributed by atoms with Crippen LogP contribution in [0.1, 0.15) is 61.8 Å². The molecule has 1 aromatic carbocycles. The molecule has 0 amide bonds. The summed E-state index contributed by atoms with van der Waals surface area (Å²) in [6, 6.07) is 4.83. The summed E-state index contributed by atoms with van der Waals surface area (Å²) in [7, 11) is 0. The number of nitrogens with one attached hydrogen (secondary N) is 1. The number of benzene rings is 1. The lowest BCUT2D eigenvalue weighted by Crippen LogP contribution is -2.35. The van der Waals surface area contributed by atoms with E-state index in [1.807, 2.05) is 0 Å².